The van der Waals surface area contributed by atoms with Crippen LogP contribution < -0.4 is 14.8 Å². The lowest BCUT2D eigenvalue weighted by Crippen LogP contribution is -2.44. The summed E-state index contributed by atoms with van der Waals surface area (Å²) in [6, 6.07) is 3.77. The van der Waals surface area contributed by atoms with E-state index in [-0.39, 0.29) is 0 Å². The maximum Gasteiger partial charge on any atom is 0.171 e. The molecule has 0 aliphatic carbocycles. The van der Waals surface area contributed by atoms with Gasteiger partial charge in [-0.2, -0.15) is 0 Å². The van der Waals surface area contributed by atoms with E-state index in [1.165, 1.54) is 0 Å². The third-order valence-corrected chi connectivity index (χ3v) is 3.93. The van der Waals surface area contributed by atoms with Crippen LogP contribution in [0.5, 0.6) is 11.5 Å². The average molecular weight is 291 g/mol. The first-order valence-corrected chi connectivity index (χ1v) is 7.25. The van der Waals surface area contributed by atoms with Crippen molar-refractivity contribution in [2.24, 2.45) is 0 Å². The molecule has 1 aromatic heterocycles. The Morgan fingerprint density at radius 2 is 1.90 bits per heavy atom. The molecular formula is C15H21N3O3. The fourth-order valence-electron chi connectivity index (χ4n) is 2.69. The number of hydrogen-bond donors (Lipinski definition) is 1. The van der Waals surface area contributed by atoms with Crippen LogP contribution in [0.25, 0.3) is 11.0 Å². The molecule has 3 rings (SSSR count). The van der Waals surface area contributed by atoms with Crippen molar-refractivity contribution >= 4 is 11.0 Å². The second kappa shape index (κ2) is 6.32. The Bertz CT molecular complexity index is 605. The van der Waals surface area contributed by atoms with E-state index in [9.17, 15) is 0 Å². The molecule has 0 amide bonds. The van der Waals surface area contributed by atoms with Crippen LogP contribution in [0.3, 0.4) is 0 Å². The monoisotopic (exact) mass is 291 g/mol. The zero-order valence-electron chi connectivity index (χ0n) is 12.5. The van der Waals surface area contributed by atoms with Gasteiger partial charge >= 0.3 is 0 Å². The topological polar surface area (TPSA) is 59.8 Å². The number of rotatable bonds is 5. The summed E-state index contributed by atoms with van der Waals surface area (Å²) >= 11 is 0. The van der Waals surface area contributed by atoms with Crippen LogP contribution in [-0.2, 0) is 6.42 Å². The van der Waals surface area contributed by atoms with Crippen LogP contribution in [-0.4, -0.2) is 57.0 Å². The Labute approximate surface area is 124 Å². The zero-order valence-corrected chi connectivity index (χ0v) is 12.5. The molecule has 0 spiro atoms. The molecule has 1 N–H and O–H groups in total. The van der Waals surface area contributed by atoms with Gasteiger partial charge in [0.05, 0.1) is 19.9 Å². The molecule has 1 aromatic carbocycles. The van der Waals surface area contributed by atoms with E-state index in [2.05, 4.69) is 15.4 Å². The van der Waals surface area contributed by atoms with E-state index < -0.39 is 0 Å². The predicted octanol–water partition coefficient (Wildman–Crippen LogP) is 1.29. The number of ether oxygens (including phenoxy) is 2. The van der Waals surface area contributed by atoms with E-state index >= 15 is 0 Å². The number of piperazine rings is 1. The summed E-state index contributed by atoms with van der Waals surface area (Å²) in [5.74, 6) is 1.37. The van der Waals surface area contributed by atoms with Gasteiger partial charge in [0.1, 0.15) is 0 Å². The number of fused-ring (bicyclic) bond motifs is 1. The molecule has 1 aliphatic heterocycles. The number of nitrogens with one attached hydrogen (secondary N) is 1. The van der Waals surface area contributed by atoms with E-state index in [0.29, 0.717) is 11.5 Å². The van der Waals surface area contributed by atoms with Crippen molar-refractivity contribution in [1.29, 1.82) is 0 Å². The summed E-state index contributed by atoms with van der Waals surface area (Å²) in [4.78, 5) is 2.44. The minimum absolute atomic E-state index is 0.662. The molecule has 0 saturated carbocycles. The van der Waals surface area contributed by atoms with Crippen molar-refractivity contribution in [2.45, 2.75) is 6.42 Å². The van der Waals surface area contributed by atoms with Gasteiger partial charge in [-0.3, -0.25) is 0 Å². The maximum absolute atomic E-state index is 5.41. The van der Waals surface area contributed by atoms with Gasteiger partial charge in [0.2, 0.25) is 0 Å². The van der Waals surface area contributed by atoms with Crippen molar-refractivity contribution in [3.05, 3.63) is 17.8 Å². The molecule has 114 valence electrons. The molecule has 0 radical (unpaired) electrons. The minimum Gasteiger partial charge on any atom is -0.493 e. The van der Waals surface area contributed by atoms with Crippen LogP contribution in [0.15, 0.2) is 16.7 Å². The fourth-order valence-corrected chi connectivity index (χ4v) is 2.69. The molecule has 1 aliphatic rings. The highest BCUT2D eigenvalue weighted by Crippen LogP contribution is 2.33. The lowest BCUT2D eigenvalue weighted by atomic mass is 10.1. The highest BCUT2D eigenvalue weighted by Gasteiger charge is 2.15. The summed E-state index contributed by atoms with van der Waals surface area (Å²) in [6.07, 6.45) is 0.877. The van der Waals surface area contributed by atoms with E-state index in [0.717, 1.165) is 55.8 Å². The fraction of sp³-hybridized carbons (Fsp3) is 0.533. The third-order valence-electron chi connectivity index (χ3n) is 3.93. The first-order chi connectivity index (χ1) is 10.3. The largest absolute Gasteiger partial charge is 0.493 e. The van der Waals surface area contributed by atoms with Crippen LogP contribution >= 0.6 is 0 Å². The molecule has 2 aromatic rings. The second-order valence-electron chi connectivity index (χ2n) is 5.17. The number of aromatic nitrogens is 1. The quantitative estimate of drug-likeness (QED) is 0.896. The highest BCUT2D eigenvalue weighted by molar-refractivity contribution is 5.83. The minimum atomic E-state index is 0.662. The number of methoxy groups -OCH3 is 2. The maximum atomic E-state index is 5.41. The number of hydrogen-bond acceptors (Lipinski definition) is 6. The van der Waals surface area contributed by atoms with Crippen LogP contribution in [0.1, 0.15) is 5.69 Å². The van der Waals surface area contributed by atoms with Gasteiger partial charge < -0.3 is 24.2 Å². The highest BCUT2D eigenvalue weighted by atomic mass is 16.5. The lowest BCUT2D eigenvalue weighted by Gasteiger charge is -2.26. The Morgan fingerprint density at radius 1 is 1.19 bits per heavy atom. The summed E-state index contributed by atoms with van der Waals surface area (Å²) in [6.45, 7) is 5.30. The van der Waals surface area contributed by atoms with Crippen molar-refractivity contribution in [3.63, 3.8) is 0 Å². The van der Waals surface area contributed by atoms with Crippen molar-refractivity contribution in [2.75, 3.05) is 46.9 Å². The van der Waals surface area contributed by atoms with Gasteiger partial charge in [0.25, 0.3) is 0 Å². The molecule has 1 fully saturated rings. The van der Waals surface area contributed by atoms with Gasteiger partial charge in [0, 0.05) is 50.6 Å². The summed E-state index contributed by atoms with van der Waals surface area (Å²) < 4.78 is 16.0. The summed E-state index contributed by atoms with van der Waals surface area (Å²) in [5.41, 5.74) is 1.72. The van der Waals surface area contributed by atoms with Gasteiger partial charge in [-0.25, -0.2) is 0 Å². The van der Waals surface area contributed by atoms with Crippen LogP contribution in [0.2, 0.25) is 0 Å². The first-order valence-electron chi connectivity index (χ1n) is 7.25. The van der Waals surface area contributed by atoms with E-state index in [1.807, 2.05) is 12.1 Å². The molecule has 6 nitrogen and oxygen atoms in total. The average Bonchev–Trinajstić information content (AvgIpc) is 2.94. The van der Waals surface area contributed by atoms with E-state index in [1.54, 1.807) is 14.2 Å². The predicted molar refractivity (Wildman–Crippen MR) is 80.1 cm³/mol. The Morgan fingerprint density at radius 3 is 2.62 bits per heavy atom. The third kappa shape index (κ3) is 2.96. The van der Waals surface area contributed by atoms with Gasteiger partial charge in [-0.15, -0.1) is 0 Å². The molecule has 0 bridgehead atoms. The number of nitrogens with zero attached hydrogens (tertiary/aromatic N) is 2. The van der Waals surface area contributed by atoms with E-state index in [4.69, 9.17) is 14.0 Å². The van der Waals surface area contributed by atoms with Crippen molar-refractivity contribution in [3.8, 4) is 11.5 Å². The first kappa shape index (κ1) is 14.2. The molecule has 1 saturated heterocycles. The van der Waals surface area contributed by atoms with Gasteiger partial charge in [-0.05, 0) is 6.07 Å². The van der Waals surface area contributed by atoms with Crippen molar-refractivity contribution in [1.82, 2.24) is 15.4 Å². The molecule has 0 atom stereocenters. The van der Waals surface area contributed by atoms with Crippen LogP contribution in [0, 0.1) is 0 Å². The van der Waals surface area contributed by atoms with Crippen molar-refractivity contribution < 1.29 is 14.0 Å². The van der Waals surface area contributed by atoms with Gasteiger partial charge in [-0.1, -0.05) is 5.16 Å². The van der Waals surface area contributed by atoms with Gasteiger partial charge in [0.15, 0.2) is 17.1 Å². The molecule has 2 heterocycles. The molecule has 0 unspecified atom stereocenters. The number of benzene rings is 1. The Hall–Kier alpha value is -1.79. The Kier molecular flexibility index (Phi) is 4.26. The zero-order chi connectivity index (χ0) is 14.7. The SMILES string of the molecule is COc1cc2onc(CCN3CCNCC3)c2cc1OC. The lowest BCUT2D eigenvalue weighted by molar-refractivity contribution is 0.242. The normalized spacial score (nSPS) is 16.3. The smallest absolute Gasteiger partial charge is 0.171 e. The van der Waals surface area contributed by atoms with Crippen LogP contribution in [0.4, 0.5) is 0 Å². The molecule has 21 heavy (non-hydrogen) atoms. The molecule has 6 heteroatoms. The summed E-state index contributed by atoms with van der Waals surface area (Å²) in [5, 5.41) is 8.56. The standard InChI is InChI=1S/C15H21N3O3/c1-19-14-9-11-12(3-6-18-7-4-16-5-8-18)17-21-13(11)10-15(14)20-2/h9-10,16H,3-8H2,1-2H3. The second-order valence-corrected chi connectivity index (χ2v) is 5.17. The molecular weight excluding hydrogens is 270 g/mol. The Balaban J connectivity index is 1.78. The summed E-state index contributed by atoms with van der Waals surface area (Å²) in [7, 11) is 3.25.